The molecular formula is C14H21NO. The van der Waals surface area contributed by atoms with Crippen LogP contribution in [0, 0.1) is 13.8 Å². The van der Waals surface area contributed by atoms with Gasteiger partial charge in [-0.1, -0.05) is 18.2 Å². The number of aliphatic hydroxyl groups is 1. The first kappa shape index (κ1) is 11.6. The second-order valence-corrected chi connectivity index (χ2v) is 5.04. The Labute approximate surface area is 97.7 Å². The van der Waals surface area contributed by atoms with Crippen LogP contribution in [0.4, 0.5) is 0 Å². The average Bonchev–Trinajstić information content (AvgIpc) is 2.26. The van der Waals surface area contributed by atoms with Gasteiger partial charge in [-0.2, -0.15) is 0 Å². The van der Waals surface area contributed by atoms with E-state index in [-0.39, 0.29) is 0 Å². The highest BCUT2D eigenvalue weighted by atomic mass is 16.3. The standard InChI is InChI=1S/C14H21NO/c1-11-5-3-6-13(12(11)2)9-14(16)7-4-8-15-10-14/h3,5-6,15-16H,4,7-10H2,1-2H3. The van der Waals surface area contributed by atoms with Crippen LogP contribution < -0.4 is 5.32 Å². The molecule has 0 bridgehead atoms. The number of rotatable bonds is 2. The lowest BCUT2D eigenvalue weighted by molar-refractivity contribution is 0.0168. The van der Waals surface area contributed by atoms with E-state index in [0.717, 1.165) is 32.4 Å². The molecule has 1 saturated heterocycles. The summed E-state index contributed by atoms with van der Waals surface area (Å²) >= 11 is 0. The summed E-state index contributed by atoms with van der Waals surface area (Å²) in [7, 11) is 0. The SMILES string of the molecule is Cc1cccc(CC2(O)CCCNC2)c1C. The number of benzene rings is 1. The average molecular weight is 219 g/mol. The van der Waals surface area contributed by atoms with Gasteiger partial charge in [0.15, 0.2) is 0 Å². The van der Waals surface area contributed by atoms with Crippen LogP contribution in [0.3, 0.4) is 0 Å². The van der Waals surface area contributed by atoms with E-state index in [9.17, 15) is 5.11 Å². The first-order valence-electron chi connectivity index (χ1n) is 6.09. The third-order valence-electron chi connectivity index (χ3n) is 3.69. The van der Waals surface area contributed by atoms with Crippen molar-refractivity contribution in [2.45, 2.75) is 38.7 Å². The minimum Gasteiger partial charge on any atom is -0.388 e. The molecular weight excluding hydrogens is 198 g/mol. The Balaban J connectivity index is 2.16. The Morgan fingerprint density at radius 2 is 2.19 bits per heavy atom. The van der Waals surface area contributed by atoms with E-state index < -0.39 is 5.60 Å². The zero-order valence-electron chi connectivity index (χ0n) is 10.2. The normalized spacial score (nSPS) is 25.7. The van der Waals surface area contributed by atoms with Crippen molar-refractivity contribution in [3.8, 4) is 0 Å². The highest BCUT2D eigenvalue weighted by Gasteiger charge is 2.29. The monoisotopic (exact) mass is 219 g/mol. The maximum absolute atomic E-state index is 10.5. The summed E-state index contributed by atoms with van der Waals surface area (Å²) in [6.07, 6.45) is 2.75. The lowest BCUT2D eigenvalue weighted by Crippen LogP contribution is -2.47. The fraction of sp³-hybridized carbons (Fsp3) is 0.571. The van der Waals surface area contributed by atoms with Crippen LogP contribution >= 0.6 is 0 Å². The van der Waals surface area contributed by atoms with Crippen LogP contribution in [0.2, 0.25) is 0 Å². The van der Waals surface area contributed by atoms with E-state index in [0.29, 0.717) is 0 Å². The Bertz CT molecular complexity index is 367. The molecule has 1 heterocycles. The topological polar surface area (TPSA) is 32.3 Å². The lowest BCUT2D eigenvalue weighted by Gasteiger charge is -2.33. The first-order valence-corrected chi connectivity index (χ1v) is 6.09. The number of piperidine rings is 1. The van der Waals surface area contributed by atoms with Gasteiger partial charge in [-0.3, -0.25) is 0 Å². The largest absolute Gasteiger partial charge is 0.388 e. The summed E-state index contributed by atoms with van der Waals surface area (Å²) in [5, 5.41) is 13.8. The van der Waals surface area contributed by atoms with Gasteiger partial charge in [-0.05, 0) is 49.9 Å². The van der Waals surface area contributed by atoms with Crippen molar-refractivity contribution >= 4 is 0 Å². The molecule has 1 aliphatic rings. The third-order valence-corrected chi connectivity index (χ3v) is 3.69. The van der Waals surface area contributed by atoms with Gasteiger partial charge in [0.2, 0.25) is 0 Å². The van der Waals surface area contributed by atoms with Crippen molar-refractivity contribution in [1.82, 2.24) is 5.32 Å². The quantitative estimate of drug-likeness (QED) is 0.797. The second kappa shape index (κ2) is 4.56. The molecule has 0 amide bonds. The summed E-state index contributed by atoms with van der Waals surface area (Å²) in [6.45, 7) is 6.03. The first-order chi connectivity index (χ1) is 7.61. The Kier molecular flexibility index (Phi) is 3.31. The number of aryl methyl sites for hydroxylation is 1. The van der Waals surface area contributed by atoms with Crippen molar-refractivity contribution in [2.24, 2.45) is 0 Å². The fourth-order valence-corrected chi connectivity index (χ4v) is 2.46. The number of nitrogens with one attached hydrogen (secondary N) is 1. The molecule has 1 atom stereocenters. The van der Waals surface area contributed by atoms with Gasteiger partial charge >= 0.3 is 0 Å². The molecule has 0 aromatic heterocycles. The van der Waals surface area contributed by atoms with E-state index >= 15 is 0 Å². The smallest absolute Gasteiger partial charge is 0.0812 e. The predicted octanol–water partition coefficient (Wildman–Crippen LogP) is 1.96. The van der Waals surface area contributed by atoms with Gasteiger partial charge in [0.1, 0.15) is 0 Å². The molecule has 1 fully saturated rings. The molecule has 16 heavy (non-hydrogen) atoms. The maximum atomic E-state index is 10.5. The molecule has 0 aliphatic carbocycles. The highest BCUT2D eigenvalue weighted by molar-refractivity contribution is 5.34. The molecule has 1 aromatic rings. The number of hydrogen-bond acceptors (Lipinski definition) is 2. The minimum atomic E-state index is -0.545. The summed E-state index contributed by atoms with van der Waals surface area (Å²) in [5.41, 5.74) is 3.37. The molecule has 0 radical (unpaired) electrons. The Morgan fingerprint density at radius 1 is 1.38 bits per heavy atom. The van der Waals surface area contributed by atoms with Gasteiger partial charge in [0.05, 0.1) is 5.60 Å². The molecule has 1 aromatic carbocycles. The van der Waals surface area contributed by atoms with E-state index in [1.165, 1.54) is 16.7 Å². The van der Waals surface area contributed by atoms with Crippen molar-refractivity contribution in [3.05, 3.63) is 34.9 Å². The van der Waals surface area contributed by atoms with Gasteiger partial charge in [0.25, 0.3) is 0 Å². The molecule has 1 aliphatic heterocycles. The van der Waals surface area contributed by atoms with Gasteiger partial charge in [-0.15, -0.1) is 0 Å². The fourth-order valence-electron chi connectivity index (χ4n) is 2.46. The van der Waals surface area contributed by atoms with Crippen LogP contribution in [-0.2, 0) is 6.42 Å². The van der Waals surface area contributed by atoms with Gasteiger partial charge in [-0.25, -0.2) is 0 Å². The summed E-state index contributed by atoms with van der Waals surface area (Å²) in [5.74, 6) is 0. The number of hydrogen-bond donors (Lipinski definition) is 2. The molecule has 2 N–H and O–H groups in total. The van der Waals surface area contributed by atoms with E-state index in [1.54, 1.807) is 0 Å². The van der Waals surface area contributed by atoms with E-state index in [4.69, 9.17) is 0 Å². The molecule has 0 saturated carbocycles. The molecule has 88 valence electrons. The van der Waals surface area contributed by atoms with Crippen LogP contribution in [0.5, 0.6) is 0 Å². The molecule has 0 spiro atoms. The van der Waals surface area contributed by atoms with E-state index in [2.05, 4.69) is 37.4 Å². The maximum Gasteiger partial charge on any atom is 0.0812 e. The van der Waals surface area contributed by atoms with Crippen molar-refractivity contribution < 1.29 is 5.11 Å². The van der Waals surface area contributed by atoms with Crippen LogP contribution in [0.25, 0.3) is 0 Å². The Morgan fingerprint density at radius 3 is 2.88 bits per heavy atom. The summed E-state index contributed by atoms with van der Waals surface area (Å²) in [4.78, 5) is 0. The molecule has 1 unspecified atom stereocenters. The van der Waals surface area contributed by atoms with Crippen molar-refractivity contribution in [2.75, 3.05) is 13.1 Å². The highest BCUT2D eigenvalue weighted by Crippen LogP contribution is 2.24. The third kappa shape index (κ3) is 2.45. The zero-order chi connectivity index (χ0) is 11.6. The van der Waals surface area contributed by atoms with E-state index in [1.807, 2.05) is 0 Å². The second-order valence-electron chi connectivity index (χ2n) is 5.04. The molecule has 2 nitrogen and oxygen atoms in total. The van der Waals surface area contributed by atoms with Gasteiger partial charge in [0, 0.05) is 13.0 Å². The van der Waals surface area contributed by atoms with Crippen LogP contribution in [0.15, 0.2) is 18.2 Å². The predicted molar refractivity (Wildman–Crippen MR) is 66.7 cm³/mol. The minimum absolute atomic E-state index is 0.545. The Hall–Kier alpha value is -0.860. The van der Waals surface area contributed by atoms with Crippen LogP contribution in [-0.4, -0.2) is 23.8 Å². The zero-order valence-corrected chi connectivity index (χ0v) is 10.2. The summed E-state index contributed by atoms with van der Waals surface area (Å²) in [6, 6.07) is 6.34. The van der Waals surface area contributed by atoms with Crippen LogP contribution in [0.1, 0.15) is 29.5 Å². The summed E-state index contributed by atoms with van der Waals surface area (Å²) < 4.78 is 0. The van der Waals surface area contributed by atoms with Crippen molar-refractivity contribution in [1.29, 1.82) is 0 Å². The molecule has 2 heteroatoms. The van der Waals surface area contributed by atoms with Gasteiger partial charge < -0.3 is 10.4 Å². The number of β-amino-alcohol motifs (C(OH)–C–C–N with tert-alkyl or cyclic N) is 1. The lowest BCUT2D eigenvalue weighted by atomic mass is 9.85. The van der Waals surface area contributed by atoms with Crippen molar-refractivity contribution in [3.63, 3.8) is 0 Å². The molecule has 2 rings (SSSR count).